The van der Waals surface area contributed by atoms with Gasteiger partial charge in [-0.05, 0) is 38.5 Å². The Balaban J connectivity index is 0. The summed E-state index contributed by atoms with van der Waals surface area (Å²) in [5.74, 6) is 0.953. The van der Waals surface area contributed by atoms with Gasteiger partial charge in [-0.15, -0.1) is 0 Å². The van der Waals surface area contributed by atoms with Gasteiger partial charge in [0, 0.05) is 0 Å². The highest BCUT2D eigenvalue weighted by molar-refractivity contribution is 5.59. The van der Waals surface area contributed by atoms with E-state index in [4.69, 9.17) is 24.4 Å². The zero-order valence-corrected chi connectivity index (χ0v) is 19.8. The molecule has 29 heavy (non-hydrogen) atoms. The standard InChI is InChI=1S/C17H34O3.C6H14O3/c1-5-9-11-15(7-3)13-19-17(18)20-14-16(8-4)12-10-6-2;1-5(8)4-9-6(2)3-7/h15-16H,5-14H2,1-4H3;5-8H,3-4H2,1-2H3. The minimum absolute atomic E-state index is 0.00667. The summed E-state index contributed by atoms with van der Waals surface area (Å²) in [5.41, 5.74) is 0. The normalized spacial score (nSPS) is 14.9. The van der Waals surface area contributed by atoms with Crippen LogP contribution in [0.3, 0.4) is 0 Å². The first-order valence-electron chi connectivity index (χ1n) is 11.5. The van der Waals surface area contributed by atoms with Crippen molar-refractivity contribution >= 4 is 6.16 Å². The largest absolute Gasteiger partial charge is 0.508 e. The van der Waals surface area contributed by atoms with E-state index in [9.17, 15) is 4.79 Å². The van der Waals surface area contributed by atoms with Crippen LogP contribution in [0, 0.1) is 11.8 Å². The van der Waals surface area contributed by atoms with E-state index in [0.29, 0.717) is 31.7 Å². The predicted octanol–water partition coefficient (Wildman–Crippen LogP) is 5.34. The molecule has 2 N–H and O–H groups in total. The van der Waals surface area contributed by atoms with Crippen LogP contribution in [0.25, 0.3) is 0 Å². The molecule has 0 fully saturated rings. The SMILES string of the molecule is CC(O)COC(C)CO.CCCCC(CC)COC(=O)OCC(CC)CCCC. The average Bonchev–Trinajstić information content (AvgIpc) is 2.72. The number of ether oxygens (including phenoxy) is 3. The molecule has 0 radical (unpaired) electrons. The second kappa shape index (κ2) is 21.8. The quantitative estimate of drug-likeness (QED) is 0.328. The molecule has 0 spiro atoms. The van der Waals surface area contributed by atoms with Gasteiger partial charge in [0.05, 0.1) is 38.6 Å². The highest BCUT2D eigenvalue weighted by atomic mass is 16.7. The molecule has 0 amide bonds. The van der Waals surface area contributed by atoms with Crippen LogP contribution >= 0.6 is 0 Å². The molecule has 0 aliphatic heterocycles. The Hall–Kier alpha value is -0.850. The zero-order valence-electron chi connectivity index (χ0n) is 19.8. The van der Waals surface area contributed by atoms with Crippen molar-refractivity contribution in [3.8, 4) is 0 Å². The Kier molecular flexibility index (Phi) is 22.9. The van der Waals surface area contributed by atoms with Crippen molar-refractivity contribution in [3.05, 3.63) is 0 Å². The molecular formula is C23H48O6. The molecule has 0 heterocycles. The number of aliphatic hydroxyl groups excluding tert-OH is 2. The van der Waals surface area contributed by atoms with E-state index in [1.165, 1.54) is 25.7 Å². The molecule has 0 saturated heterocycles. The van der Waals surface area contributed by atoms with Crippen LogP contribution in [-0.4, -0.2) is 55.0 Å². The van der Waals surface area contributed by atoms with Crippen LogP contribution in [0.2, 0.25) is 0 Å². The number of hydrogen-bond acceptors (Lipinski definition) is 6. The van der Waals surface area contributed by atoms with Crippen LogP contribution in [-0.2, 0) is 14.2 Å². The Morgan fingerprint density at radius 2 is 1.28 bits per heavy atom. The average molecular weight is 421 g/mol. The highest BCUT2D eigenvalue weighted by Gasteiger charge is 2.13. The first kappa shape index (κ1) is 30.3. The fraction of sp³-hybridized carbons (Fsp3) is 0.957. The van der Waals surface area contributed by atoms with Crippen LogP contribution < -0.4 is 0 Å². The smallest absolute Gasteiger partial charge is 0.434 e. The molecule has 0 bridgehead atoms. The molecule has 0 aromatic carbocycles. The van der Waals surface area contributed by atoms with Crippen molar-refractivity contribution < 1.29 is 29.2 Å². The molecule has 0 aromatic heterocycles. The molecule has 176 valence electrons. The Morgan fingerprint density at radius 3 is 1.59 bits per heavy atom. The van der Waals surface area contributed by atoms with E-state index in [2.05, 4.69) is 27.7 Å². The fourth-order valence-electron chi connectivity index (χ4n) is 2.57. The second-order valence-electron chi connectivity index (χ2n) is 7.88. The minimum Gasteiger partial charge on any atom is -0.434 e. The van der Waals surface area contributed by atoms with Gasteiger partial charge in [0.2, 0.25) is 0 Å². The molecule has 0 aliphatic rings. The van der Waals surface area contributed by atoms with E-state index in [1.54, 1.807) is 13.8 Å². The zero-order chi connectivity index (χ0) is 22.5. The summed E-state index contributed by atoms with van der Waals surface area (Å²) in [7, 11) is 0. The minimum atomic E-state index is -0.491. The maximum absolute atomic E-state index is 11.6. The van der Waals surface area contributed by atoms with Crippen molar-refractivity contribution in [3.63, 3.8) is 0 Å². The first-order chi connectivity index (χ1) is 13.8. The predicted molar refractivity (Wildman–Crippen MR) is 118 cm³/mol. The highest BCUT2D eigenvalue weighted by Crippen LogP contribution is 2.15. The van der Waals surface area contributed by atoms with Crippen LogP contribution in [0.4, 0.5) is 4.79 Å². The van der Waals surface area contributed by atoms with E-state index in [-0.39, 0.29) is 12.7 Å². The summed E-state index contributed by atoms with van der Waals surface area (Å²) >= 11 is 0. The summed E-state index contributed by atoms with van der Waals surface area (Å²) in [4.78, 5) is 11.6. The molecule has 0 rings (SSSR count). The molecule has 4 atom stereocenters. The maximum atomic E-state index is 11.6. The number of rotatable bonds is 16. The molecule has 6 nitrogen and oxygen atoms in total. The van der Waals surface area contributed by atoms with Crippen LogP contribution in [0.15, 0.2) is 0 Å². The molecular weight excluding hydrogens is 372 g/mol. The molecule has 6 heteroatoms. The lowest BCUT2D eigenvalue weighted by molar-refractivity contribution is -0.0177. The third-order valence-electron chi connectivity index (χ3n) is 4.84. The number of carbonyl (C=O) groups excluding carboxylic acids is 1. The fourth-order valence-corrected chi connectivity index (χ4v) is 2.57. The Labute approximate surface area is 179 Å². The monoisotopic (exact) mass is 420 g/mol. The molecule has 0 aromatic rings. The van der Waals surface area contributed by atoms with Crippen molar-refractivity contribution in [2.45, 2.75) is 105 Å². The lowest BCUT2D eigenvalue weighted by Gasteiger charge is -2.17. The van der Waals surface area contributed by atoms with Crippen LogP contribution in [0.1, 0.15) is 92.9 Å². The Morgan fingerprint density at radius 1 is 0.828 bits per heavy atom. The summed E-state index contributed by atoms with van der Waals surface area (Å²) in [5, 5.41) is 17.1. The van der Waals surface area contributed by atoms with Crippen molar-refractivity contribution in [1.29, 1.82) is 0 Å². The molecule has 4 unspecified atom stereocenters. The maximum Gasteiger partial charge on any atom is 0.508 e. The Bertz CT molecular complexity index is 326. The number of carbonyl (C=O) groups is 1. The van der Waals surface area contributed by atoms with Crippen molar-refractivity contribution in [2.75, 3.05) is 26.4 Å². The van der Waals surface area contributed by atoms with Gasteiger partial charge in [-0.1, -0.05) is 66.2 Å². The number of unbranched alkanes of at least 4 members (excludes halogenated alkanes) is 2. The first-order valence-corrected chi connectivity index (χ1v) is 11.5. The summed E-state index contributed by atoms with van der Waals surface area (Å²) in [6.07, 6.45) is 8.06. The van der Waals surface area contributed by atoms with E-state index >= 15 is 0 Å². The number of hydrogen-bond donors (Lipinski definition) is 2. The van der Waals surface area contributed by atoms with E-state index in [1.807, 2.05) is 0 Å². The topological polar surface area (TPSA) is 85.2 Å². The lowest BCUT2D eigenvalue weighted by Crippen LogP contribution is -2.19. The van der Waals surface area contributed by atoms with Gasteiger partial charge in [0.25, 0.3) is 0 Å². The van der Waals surface area contributed by atoms with Gasteiger partial charge in [0.1, 0.15) is 0 Å². The molecule has 0 saturated carbocycles. The van der Waals surface area contributed by atoms with Gasteiger partial charge < -0.3 is 24.4 Å². The third kappa shape index (κ3) is 21.7. The summed E-state index contributed by atoms with van der Waals surface area (Å²) < 4.78 is 15.4. The van der Waals surface area contributed by atoms with Gasteiger partial charge >= 0.3 is 6.16 Å². The van der Waals surface area contributed by atoms with Gasteiger partial charge in [-0.3, -0.25) is 0 Å². The van der Waals surface area contributed by atoms with Crippen LogP contribution in [0.5, 0.6) is 0 Å². The lowest BCUT2D eigenvalue weighted by atomic mass is 10.0. The van der Waals surface area contributed by atoms with Gasteiger partial charge in [0.15, 0.2) is 0 Å². The number of aliphatic hydroxyl groups is 2. The molecule has 0 aliphatic carbocycles. The van der Waals surface area contributed by atoms with Gasteiger partial charge in [-0.2, -0.15) is 0 Å². The summed E-state index contributed by atoms with van der Waals surface area (Å²) in [6, 6.07) is 0. The van der Waals surface area contributed by atoms with Gasteiger partial charge in [-0.25, -0.2) is 4.79 Å². The van der Waals surface area contributed by atoms with Crippen molar-refractivity contribution in [2.24, 2.45) is 11.8 Å². The van der Waals surface area contributed by atoms with E-state index in [0.717, 1.165) is 25.7 Å². The second-order valence-corrected chi connectivity index (χ2v) is 7.88. The van der Waals surface area contributed by atoms with Crippen molar-refractivity contribution in [1.82, 2.24) is 0 Å². The summed E-state index contributed by atoms with van der Waals surface area (Å²) in [6.45, 7) is 13.4. The third-order valence-corrected chi connectivity index (χ3v) is 4.84. The van der Waals surface area contributed by atoms with E-state index < -0.39 is 12.3 Å².